The van der Waals surface area contributed by atoms with E-state index in [-0.39, 0.29) is 40.4 Å². The maximum Gasteiger partial charge on any atom is 0.412 e. The maximum absolute atomic E-state index is 15.6. The standard InChI is InChI=1S/C39H46ClFN8O4S/c1-19(2)48(8)27-16-49(15-20(27)3)37-44-32-30(34(45-37)43-26-10-9-13-47(7)36(26)50)24-18-52-17-23(24)28(31(32)40)21-11-12-25(41)33-29(21)22(14-42)35(54-33)46-38(51)53-39(4,5)6/h11-12,19-20,26-27H,9-10,13,15-18H2,1-8H3,(H,46,51)(H,43,44,45)/t20-,26+,27-/m0/s1. The largest absolute Gasteiger partial charge is 0.444 e. The zero-order valence-electron chi connectivity index (χ0n) is 31.9. The third kappa shape index (κ3) is 6.80. The Hall–Kier alpha value is -4.29. The summed E-state index contributed by atoms with van der Waals surface area (Å²) in [4.78, 5) is 42.8. The normalized spacial score (nSPS) is 20.4. The van der Waals surface area contributed by atoms with Crippen LogP contribution in [-0.4, -0.2) is 89.2 Å². The van der Waals surface area contributed by atoms with Gasteiger partial charge >= 0.3 is 6.09 Å². The lowest BCUT2D eigenvalue weighted by Gasteiger charge is -2.31. The number of likely N-dealkylation sites (N-methyl/N-ethyl adjacent to an activating group) is 2. The van der Waals surface area contributed by atoms with Crippen LogP contribution in [0.5, 0.6) is 0 Å². The number of carbonyl (C=O) groups is 2. The first-order chi connectivity index (χ1) is 25.6. The smallest absolute Gasteiger partial charge is 0.412 e. The molecule has 4 aromatic rings. The number of nitrogens with one attached hydrogen (secondary N) is 2. The Morgan fingerprint density at radius 1 is 1.20 bits per heavy atom. The molecule has 0 spiro atoms. The second kappa shape index (κ2) is 14.4. The number of nitrogens with zero attached hydrogens (tertiary/aromatic N) is 6. The van der Waals surface area contributed by atoms with Gasteiger partial charge in [0.2, 0.25) is 11.9 Å². The molecule has 5 heterocycles. The highest BCUT2D eigenvalue weighted by molar-refractivity contribution is 7.23. The first kappa shape index (κ1) is 38.0. The van der Waals surface area contributed by atoms with E-state index in [1.54, 1.807) is 31.7 Å². The van der Waals surface area contributed by atoms with Crippen molar-refractivity contribution in [3.63, 3.8) is 0 Å². The Labute approximate surface area is 323 Å². The summed E-state index contributed by atoms with van der Waals surface area (Å²) in [5.41, 5.74) is 2.42. The van der Waals surface area contributed by atoms with Gasteiger partial charge in [0.1, 0.15) is 34.3 Å². The van der Waals surface area contributed by atoms with Crippen LogP contribution >= 0.6 is 22.9 Å². The number of aromatic nitrogens is 2. The maximum atomic E-state index is 15.6. The van der Waals surface area contributed by atoms with Crippen molar-refractivity contribution in [3.8, 4) is 17.2 Å². The highest BCUT2D eigenvalue weighted by Crippen LogP contribution is 2.50. The molecule has 7 rings (SSSR count). The number of amides is 2. The van der Waals surface area contributed by atoms with Gasteiger partial charge < -0.3 is 24.6 Å². The number of fused-ring (bicyclic) bond motifs is 4. The first-order valence-electron chi connectivity index (χ1n) is 18.3. The number of thiophene rings is 1. The molecule has 0 unspecified atom stereocenters. The molecule has 286 valence electrons. The molecule has 0 radical (unpaired) electrons. The summed E-state index contributed by atoms with van der Waals surface area (Å²) in [7, 11) is 3.95. The fraction of sp³-hybridized carbons (Fsp3) is 0.513. The van der Waals surface area contributed by atoms with Crippen LogP contribution in [0.1, 0.15) is 71.1 Å². The van der Waals surface area contributed by atoms with E-state index in [2.05, 4.69) is 54.3 Å². The Kier molecular flexibility index (Phi) is 10.1. The predicted octanol–water partition coefficient (Wildman–Crippen LogP) is 7.75. The van der Waals surface area contributed by atoms with Gasteiger partial charge in [0.05, 0.1) is 39.4 Å². The van der Waals surface area contributed by atoms with Crippen LogP contribution < -0.4 is 15.5 Å². The van der Waals surface area contributed by atoms with Crippen molar-refractivity contribution in [2.45, 2.75) is 91.3 Å². The molecule has 3 atom stereocenters. The first-order valence-corrected chi connectivity index (χ1v) is 19.5. The molecule has 2 aromatic heterocycles. The average Bonchev–Trinajstić information content (AvgIpc) is 3.83. The van der Waals surface area contributed by atoms with Crippen LogP contribution in [0, 0.1) is 23.1 Å². The number of carbonyl (C=O) groups excluding carboxylic acids is 2. The van der Waals surface area contributed by atoms with Crippen molar-refractivity contribution in [3.05, 3.63) is 39.7 Å². The Balaban J connectivity index is 1.44. The van der Waals surface area contributed by atoms with Crippen LogP contribution in [-0.2, 0) is 27.5 Å². The average molecular weight is 777 g/mol. The molecule has 54 heavy (non-hydrogen) atoms. The quantitative estimate of drug-likeness (QED) is 0.192. The summed E-state index contributed by atoms with van der Waals surface area (Å²) >= 11 is 8.48. The van der Waals surface area contributed by atoms with Crippen molar-refractivity contribution in [2.75, 3.05) is 49.3 Å². The van der Waals surface area contributed by atoms with Gasteiger partial charge in [0, 0.05) is 49.7 Å². The fourth-order valence-electron chi connectivity index (χ4n) is 7.88. The lowest BCUT2D eigenvalue weighted by atomic mass is 9.91. The van der Waals surface area contributed by atoms with Gasteiger partial charge in [-0.15, -0.1) is 11.3 Å². The summed E-state index contributed by atoms with van der Waals surface area (Å²) < 4.78 is 27.3. The van der Waals surface area contributed by atoms with Gasteiger partial charge in [-0.25, -0.2) is 14.2 Å². The summed E-state index contributed by atoms with van der Waals surface area (Å²) in [6.45, 7) is 14.4. The number of hydrogen-bond donors (Lipinski definition) is 2. The Morgan fingerprint density at radius 3 is 2.65 bits per heavy atom. The molecule has 3 aliphatic heterocycles. The number of nitriles is 1. The third-order valence-electron chi connectivity index (χ3n) is 10.7. The van der Waals surface area contributed by atoms with Crippen LogP contribution in [0.2, 0.25) is 5.02 Å². The van der Waals surface area contributed by atoms with E-state index >= 15 is 4.39 Å². The second-order valence-corrected chi connectivity index (χ2v) is 17.3. The van der Waals surface area contributed by atoms with Crippen LogP contribution in [0.3, 0.4) is 0 Å². The fourth-order valence-corrected chi connectivity index (χ4v) is 9.30. The van der Waals surface area contributed by atoms with Gasteiger partial charge in [-0.2, -0.15) is 10.2 Å². The number of piperidine rings is 1. The zero-order valence-corrected chi connectivity index (χ0v) is 33.5. The van der Waals surface area contributed by atoms with Gasteiger partial charge in [-0.05, 0) is 83.2 Å². The number of hydrogen-bond acceptors (Lipinski definition) is 11. The molecule has 2 fully saturated rings. The third-order valence-corrected chi connectivity index (χ3v) is 12.2. The molecular formula is C39H46ClFN8O4S. The van der Waals surface area contributed by atoms with E-state index in [0.717, 1.165) is 35.4 Å². The number of halogens is 2. The van der Waals surface area contributed by atoms with Crippen molar-refractivity contribution in [1.29, 1.82) is 5.26 Å². The molecule has 2 amide bonds. The topological polar surface area (TPSA) is 136 Å². The lowest BCUT2D eigenvalue weighted by molar-refractivity contribution is -0.132. The second-order valence-electron chi connectivity index (χ2n) is 15.9. The predicted molar refractivity (Wildman–Crippen MR) is 211 cm³/mol. The van der Waals surface area contributed by atoms with E-state index in [1.165, 1.54) is 6.07 Å². The van der Waals surface area contributed by atoms with Crippen molar-refractivity contribution in [1.82, 2.24) is 19.8 Å². The van der Waals surface area contributed by atoms with Crippen LogP contribution in [0.25, 0.3) is 32.1 Å². The SMILES string of the molecule is CC(C)N(C)[C@H]1CN(c2nc(N[C@@H]3CCCN(C)C3=O)c3c4c(c(-c5ccc(F)c6sc(NC(=O)OC(C)(C)C)c(C#N)c56)c(Cl)c3n2)COC4)C[C@@H]1C. The molecule has 0 saturated carbocycles. The zero-order chi connectivity index (χ0) is 38.8. The van der Waals surface area contributed by atoms with E-state index < -0.39 is 23.6 Å². The van der Waals surface area contributed by atoms with E-state index in [1.807, 2.05) is 7.05 Å². The Morgan fingerprint density at radius 2 is 1.94 bits per heavy atom. The molecule has 2 saturated heterocycles. The molecule has 12 nitrogen and oxygen atoms in total. The van der Waals surface area contributed by atoms with Gasteiger partial charge in [0.25, 0.3) is 0 Å². The van der Waals surface area contributed by atoms with Gasteiger partial charge in [-0.1, -0.05) is 24.6 Å². The highest BCUT2D eigenvalue weighted by Gasteiger charge is 2.37. The summed E-state index contributed by atoms with van der Waals surface area (Å²) in [5, 5.41) is 18.1. The summed E-state index contributed by atoms with van der Waals surface area (Å²) in [6.07, 6.45) is 0.747. The molecule has 0 aliphatic carbocycles. The molecule has 0 bridgehead atoms. The van der Waals surface area contributed by atoms with Crippen LogP contribution in [0.4, 0.5) is 26.0 Å². The van der Waals surface area contributed by atoms with Gasteiger partial charge in [-0.3, -0.25) is 15.0 Å². The molecule has 2 N–H and O–H groups in total. The number of anilines is 3. The summed E-state index contributed by atoms with van der Waals surface area (Å²) in [6, 6.07) is 5.29. The number of rotatable bonds is 7. The highest BCUT2D eigenvalue weighted by atomic mass is 35.5. The van der Waals surface area contributed by atoms with Crippen LogP contribution in [0.15, 0.2) is 12.1 Å². The van der Waals surface area contributed by atoms with E-state index in [9.17, 15) is 14.9 Å². The van der Waals surface area contributed by atoms with E-state index in [0.29, 0.717) is 75.7 Å². The Bertz CT molecular complexity index is 2220. The van der Waals surface area contributed by atoms with E-state index in [4.69, 9.17) is 31.0 Å². The monoisotopic (exact) mass is 776 g/mol. The molecular weight excluding hydrogens is 731 g/mol. The minimum atomic E-state index is -0.782. The summed E-state index contributed by atoms with van der Waals surface area (Å²) in [5.74, 6) is 0.777. The van der Waals surface area contributed by atoms with Crippen molar-refractivity contribution < 1.29 is 23.5 Å². The number of benzene rings is 2. The minimum Gasteiger partial charge on any atom is -0.444 e. The number of ether oxygens (including phenoxy) is 2. The van der Waals surface area contributed by atoms with Crippen molar-refractivity contribution in [2.24, 2.45) is 5.92 Å². The van der Waals surface area contributed by atoms with Crippen molar-refractivity contribution >= 4 is 72.7 Å². The molecule has 15 heteroatoms. The van der Waals surface area contributed by atoms with Gasteiger partial charge in [0.15, 0.2) is 0 Å². The lowest BCUT2D eigenvalue weighted by Crippen LogP contribution is -2.45. The molecule has 2 aromatic carbocycles. The minimum absolute atomic E-state index is 0.00965. The molecule has 3 aliphatic rings. The number of likely N-dealkylation sites (tertiary alicyclic amines) is 1.